The predicted octanol–water partition coefficient (Wildman–Crippen LogP) is 2.18. The highest BCUT2D eigenvalue weighted by molar-refractivity contribution is 6.31. The van der Waals surface area contributed by atoms with Crippen LogP contribution in [0.5, 0.6) is 0 Å². The third-order valence-corrected chi connectivity index (χ3v) is 3.98. The maximum atomic E-state index is 10.2. The van der Waals surface area contributed by atoms with E-state index in [0.29, 0.717) is 17.0 Å². The van der Waals surface area contributed by atoms with Crippen LogP contribution in [0, 0.1) is 0 Å². The number of hydrogen-bond donors (Lipinski definition) is 3. The molecule has 0 saturated carbocycles. The van der Waals surface area contributed by atoms with Gasteiger partial charge in [0.15, 0.2) is 5.84 Å². The summed E-state index contributed by atoms with van der Waals surface area (Å²) in [5.41, 5.74) is 6.59. The lowest BCUT2D eigenvalue weighted by molar-refractivity contribution is 0.0481. The molecule has 0 radical (unpaired) electrons. The first kappa shape index (κ1) is 14.9. The molecule has 0 bridgehead atoms. The van der Waals surface area contributed by atoms with Crippen LogP contribution >= 0.6 is 11.6 Å². The number of nitrogens with zero attached hydrogens (tertiary/aromatic N) is 2. The van der Waals surface area contributed by atoms with Crippen molar-refractivity contribution in [2.24, 2.45) is 10.9 Å². The van der Waals surface area contributed by atoms with Crippen molar-refractivity contribution in [3.63, 3.8) is 0 Å². The van der Waals surface area contributed by atoms with Gasteiger partial charge in [-0.25, -0.2) is 0 Å². The van der Waals surface area contributed by atoms with Crippen molar-refractivity contribution >= 4 is 23.1 Å². The van der Waals surface area contributed by atoms with Crippen LogP contribution in [0.2, 0.25) is 5.02 Å². The summed E-state index contributed by atoms with van der Waals surface area (Å²) in [4.78, 5) is 2.14. The molecule has 1 aliphatic rings. The zero-order valence-electron chi connectivity index (χ0n) is 11.5. The third kappa shape index (κ3) is 3.35. The summed E-state index contributed by atoms with van der Waals surface area (Å²) in [5, 5.41) is 22.7. The van der Waals surface area contributed by atoms with Crippen LogP contribution in [0.3, 0.4) is 0 Å². The van der Waals surface area contributed by atoms with Gasteiger partial charge < -0.3 is 20.9 Å². The Labute approximate surface area is 123 Å². The quantitative estimate of drug-likeness (QED) is 0.338. The molecule has 1 unspecified atom stereocenters. The lowest BCUT2D eigenvalue weighted by atomic mass is 9.98. The van der Waals surface area contributed by atoms with E-state index < -0.39 is 5.60 Å². The monoisotopic (exact) mass is 297 g/mol. The van der Waals surface area contributed by atoms with Crippen molar-refractivity contribution in [3.05, 3.63) is 28.8 Å². The normalized spacial score (nSPS) is 24.6. The average Bonchev–Trinajstić information content (AvgIpc) is 2.59. The van der Waals surface area contributed by atoms with E-state index in [2.05, 4.69) is 10.1 Å². The first-order chi connectivity index (χ1) is 9.43. The Bertz CT molecular complexity index is 517. The van der Waals surface area contributed by atoms with Gasteiger partial charge in [-0.3, -0.25) is 0 Å². The molecule has 2 rings (SSSR count). The molecule has 1 aromatic carbocycles. The molecular formula is C14H20ClN3O2. The fourth-order valence-electron chi connectivity index (χ4n) is 2.55. The number of amidine groups is 1. The first-order valence-electron chi connectivity index (χ1n) is 6.68. The van der Waals surface area contributed by atoms with Crippen LogP contribution in [-0.4, -0.2) is 34.8 Å². The molecule has 0 aromatic heterocycles. The van der Waals surface area contributed by atoms with Crippen molar-refractivity contribution in [2.45, 2.75) is 31.8 Å². The Morgan fingerprint density at radius 3 is 2.85 bits per heavy atom. The molecule has 1 aromatic rings. The summed E-state index contributed by atoms with van der Waals surface area (Å²) in [5.74, 6) is 0.0403. The maximum absolute atomic E-state index is 10.2. The number of halogens is 1. The highest BCUT2D eigenvalue weighted by atomic mass is 35.5. The van der Waals surface area contributed by atoms with Gasteiger partial charge >= 0.3 is 0 Å². The highest BCUT2D eigenvalue weighted by Gasteiger charge is 2.26. The summed E-state index contributed by atoms with van der Waals surface area (Å²) in [6.07, 6.45) is 2.35. The molecule has 1 aliphatic heterocycles. The predicted molar refractivity (Wildman–Crippen MR) is 80.7 cm³/mol. The minimum Gasteiger partial charge on any atom is -0.409 e. The number of hydrogen-bond acceptors (Lipinski definition) is 4. The number of aliphatic hydroxyl groups is 1. The molecule has 0 amide bonds. The van der Waals surface area contributed by atoms with Crippen LogP contribution in [0.4, 0.5) is 5.69 Å². The van der Waals surface area contributed by atoms with E-state index in [9.17, 15) is 5.11 Å². The summed E-state index contributed by atoms with van der Waals surface area (Å²) in [6, 6.07) is 5.35. The molecule has 0 aliphatic carbocycles. The SMILES string of the molecule is CC1(O)CCCN(c2ccc(Cl)cc2/C(N)=N/O)CC1. The molecule has 6 heteroatoms. The minimum absolute atomic E-state index is 0.0403. The molecule has 1 saturated heterocycles. The molecule has 110 valence electrons. The van der Waals surface area contributed by atoms with E-state index in [-0.39, 0.29) is 5.84 Å². The average molecular weight is 298 g/mol. The van der Waals surface area contributed by atoms with Gasteiger partial charge in [0.1, 0.15) is 0 Å². The Balaban J connectivity index is 2.32. The molecule has 4 N–H and O–H groups in total. The van der Waals surface area contributed by atoms with Gasteiger partial charge in [-0.1, -0.05) is 16.8 Å². The number of anilines is 1. The Hall–Kier alpha value is -1.46. The van der Waals surface area contributed by atoms with Crippen LogP contribution in [0.1, 0.15) is 31.7 Å². The van der Waals surface area contributed by atoms with Crippen LogP contribution in [0.25, 0.3) is 0 Å². The van der Waals surface area contributed by atoms with Crippen molar-refractivity contribution in [3.8, 4) is 0 Å². The molecule has 20 heavy (non-hydrogen) atoms. The van der Waals surface area contributed by atoms with Gasteiger partial charge in [-0.05, 0) is 44.4 Å². The molecular weight excluding hydrogens is 278 g/mol. The number of nitrogens with two attached hydrogens (primary N) is 1. The fraction of sp³-hybridized carbons (Fsp3) is 0.500. The Morgan fingerprint density at radius 1 is 1.40 bits per heavy atom. The van der Waals surface area contributed by atoms with Gasteiger partial charge in [0.05, 0.1) is 5.60 Å². The summed E-state index contributed by atoms with van der Waals surface area (Å²) in [7, 11) is 0. The Morgan fingerprint density at radius 2 is 2.15 bits per heavy atom. The summed E-state index contributed by atoms with van der Waals surface area (Å²) < 4.78 is 0. The topological polar surface area (TPSA) is 82.1 Å². The smallest absolute Gasteiger partial charge is 0.172 e. The van der Waals surface area contributed by atoms with Crippen LogP contribution in [-0.2, 0) is 0 Å². The van der Waals surface area contributed by atoms with Gasteiger partial charge in [0.2, 0.25) is 0 Å². The molecule has 1 atom stereocenters. The van der Waals surface area contributed by atoms with Gasteiger partial charge in [0, 0.05) is 29.4 Å². The van der Waals surface area contributed by atoms with E-state index in [1.54, 1.807) is 12.1 Å². The largest absolute Gasteiger partial charge is 0.409 e. The first-order valence-corrected chi connectivity index (χ1v) is 7.05. The molecule has 0 spiro atoms. The maximum Gasteiger partial charge on any atom is 0.172 e. The third-order valence-electron chi connectivity index (χ3n) is 3.75. The summed E-state index contributed by atoms with van der Waals surface area (Å²) in [6.45, 7) is 3.41. The lowest BCUT2D eigenvalue weighted by Gasteiger charge is -2.26. The van der Waals surface area contributed by atoms with Crippen LogP contribution < -0.4 is 10.6 Å². The van der Waals surface area contributed by atoms with Crippen molar-refractivity contribution < 1.29 is 10.3 Å². The van der Waals surface area contributed by atoms with Crippen molar-refractivity contribution in [1.82, 2.24) is 0 Å². The summed E-state index contributed by atoms with van der Waals surface area (Å²) >= 11 is 5.98. The second-order valence-electron chi connectivity index (χ2n) is 5.48. The van der Waals surface area contributed by atoms with Gasteiger partial charge in [0.25, 0.3) is 0 Å². The fourth-order valence-corrected chi connectivity index (χ4v) is 2.72. The molecule has 5 nitrogen and oxygen atoms in total. The highest BCUT2D eigenvalue weighted by Crippen LogP contribution is 2.29. The van der Waals surface area contributed by atoms with E-state index in [0.717, 1.165) is 31.6 Å². The molecule has 1 fully saturated rings. The van der Waals surface area contributed by atoms with E-state index in [1.807, 2.05) is 13.0 Å². The van der Waals surface area contributed by atoms with E-state index in [4.69, 9.17) is 22.5 Å². The molecule has 1 heterocycles. The lowest BCUT2D eigenvalue weighted by Crippen LogP contribution is -2.30. The zero-order valence-corrected chi connectivity index (χ0v) is 12.3. The van der Waals surface area contributed by atoms with Crippen molar-refractivity contribution in [1.29, 1.82) is 0 Å². The minimum atomic E-state index is -0.627. The van der Waals surface area contributed by atoms with Crippen molar-refractivity contribution in [2.75, 3.05) is 18.0 Å². The second-order valence-corrected chi connectivity index (χ2v) is 5.92. The second kappa shape index (κ2) is 5.89. The Kier molecular flexibility index (Phi) is 4.40. The standard InChI is InChI=1S/C14H20ClN3O2/c1-14(19)5-2-7-18(8-6-14)12-4-3-10(15)9-11(12)13(16)17-20/h3-4,9,19-20H,2,5-8H2,1H3,(H2,16,17). The zero-order chi connectivity index (χ0) is 14.8. The number of oxime groups is 1. The van der Waals surface area contributed by atoms with Gasteiger partial charge in [-0.2, -0.15) is 0 Å². The van der Waals surface area contributed by atoms with Gasteiger partial charge in [-0.15, -0.1) is 0 Å². The van der Waals surface area contributed by atoms with Crippen LogP contribution in [0.15, 0.2) is 23.4 Å². The van der Waals surface area contributed by atoms with E-state index in [1.165, 1.54) is 0 Å². The number of rotatable bonds is 2. The van der Waals surface area contributed by atoms with E-state index >= 15 is 0 Å². The number of benzene rings is 1.